The van der Waals surface area contributed by atoms with E-state index in [2.05, 4.69) is 14.5 Å². The van der Waals surface area contributed by atoms with E-state index in [1.54, 1.807) is 11.1 Å². The average Bonchev–Trinajstić information content (AvgIpc) is 3.37. The molecule has 1 aromatic carbocycles. The molecule has 4 rings (SSSR count). The molecule has 7 nitrogen and oxygen atoms in total. The summed E-state index contributed by atoms with van der Waals surface area (Å²) in [6, 6.07) is 3.22. The fourth-order valence-electron chi connectivity index (χ4n) is 3.19. The minimum atomic E-state index is -4.82. The number of halogens is 4. The predicted molar refractivity (Wildman–Crippen MR) is 102 cm³/mol. The molecule has 1 aromatic heterocycles. The number of nitrogens with zero attached hydrogens (tertiary/aromatic N) is 3. The first-order valence-electron chi connectivity index (χ1n) is 9.61. The first-order valence-corrected chi connectivity index (χ1v) is 10.4. The van der Waals surface area contributed by atoms with Crippen LogP contribution in [0.2, 0.25) is 0 Å². The van der Waals surface area contributed by atoms with E-state index in [9.17, 15) is 22.4 Å². The second-order valence-electron chi connectivity index (χ2n) is 6.94. The van der Waals surface area contributed by atoms with Gasteiger partial charge in [0.2, 0.25) is 0 Å². The fourth-order valence-corrected chi connectivity index (χ4v) is 4.10. The first-order chi connectivity index (χ1) is 14.7. The van der Waals surface area contributed by atoms with Gasteiger partial charge in [-0.1, -0.05) is 11.3 Å². The molecule has 2 aromatic rings. The largest absolute Gasteiger partial charge is 0.507 e. The molecule has 0 unspecified atom stereocenters. The summed E-state index contributed by atoms with van der Waals surface area (Å²) in [6.45, 7) is 3.81. The highest BCUT2D eigenvalue weighted by molar-refractivity contribution is 7.09. The summed E-state index contributed by atoms with van der Waals surface area (Å²) in [5.74, 6) is -1.06. The third-order valence-electron chi connectivity index (χ3n) is 4.74. The van der Waals surface area contributed by atoms with Crippen molar-refractivity contribution in [3.05, 3.63) is 34.1 Å². The number of carbonyl (C=O) groups is 1. The minimum Gasteiger partial charge on any atom is -0.421 e. The third-order valence-corrected chi connectivity index (χ3v) is 5.69. The molecular formula is C19H19F4N3O4S. The van der Waals surface area contributed by atoms with Crippen molar-refractivity contribution < 1.29 is 36.6 Å². The van der Waals surface area contributed by atoms with Crippen molar-refractivity contribution in [3.8, 4) is 17.2 Å². The van der Waals surface area contributed by atoms with Gasteiger partial charge in [-0.05, 0) is 31.9 Å². The Morgan fingerprint density at radius 1 is 1.16 bits per heavy atom. The van der Waals surface area contributed by atoms with Crippen molar-refractivity contribution >= 4 is 17.4 Å². The predicted octanol–water partition coefficient (Wildman–Crippen LogP) is 4.15. The number of likely N-dealkylation sites (tertiary alicyclic amines) is 1. The van der Waals surface area contributed by atoms with E-state index in [1.165, 1.54) is 22.0 Å². The van der Waals surface area contributed by atoms with Gasteiger partial charge in [-0.2, -0.15) is 22.6 Å². The lowest BCUT2D eigenvalue weighted by atomic mass is 10.2. The summed E-state index contributed by atoms with van der Waals surface area (Å²) in [5.41, 5.74) is 0.287. The van der Waals surface area contributed by atoms with E-state index < -0.39 is 29.7 Å². The summed E-state index contributed by atoms with van der Waals surface area (Å²) in [7, 11) is 0. The number of rotatable bonds is 4. The number of hydrogen-bond acceptors (Lipinski definition) is 5. The van der Waals surface area contributed by atoms with Gasteiger partial charge >= 0.3 is 18.2 Å². The molecule has 0 N–H and O–H groups in total. The summed E-state index contributed by atoms with van der Waals surface area (Å²) >= 11 is 1.20. The van der Waals surface area contributed by atoms with Crippen LogP contribution in [0.4, 0.5) is 22.4 Å². The van der Waals surface area contributed by atoms with Gasteiger partial charge in [-0.3, -0.25) is 4.57 Å². The van der Waals surface area contributed by atoms with E-state index in [4.69, 9.17) is 4.74 Å². The van der Waals surface area contributed by atoms with E-state index in [0.717, 1.165) is 29.9 Å². The number of alkyl halides is 4. The van der Waals surface area contributed by atoms with E-state index in [1.807, 2.05) is 6.92 Å². The molecular weight excluding hydrogens is 442 g/mol. The van der Waals surface area contributed by atoms with Crippen molar-refractivity contribution in [2.45, 2.75) is 38.6 Å². The van der Waals surface area contributed by atoms with Crippen molar-refractivity contribution in [1.82, 2.24) is 9.47 Å². The van der Waals surface area contributed by atoms with Crippen LogP contribution in [0.25, 0.3) is 5.69 Å². The van der Waals surface area contributed by atoms with Crippen LogP contribution in [-0.4, -0.2) is 47.4 Å². The number of hydrogen-bond donors (Lipinski definition) is 0. The second-order valence-corrected chi connectivity index (χ2v) is 8.04. The van der Waals surface area contributed by atoms with Crippen LogP contribution in [0, 0.1) is 0 Å². The molecule has 1 saturated heterocycles. The topological polar surface area (TPSA) is 65.3 Å². The Hall–Kier alpha value is -2.60. The van der Waals surface area contributed by atoms with Gasteiger partial charge in [-0.25, -0.2) is 4.79 Å². The highest BCUT2D eigenvalue weighted by atomic mass is 32.1. The molecule has 3 heterocycles. The number of fused-ring (bicyclic) bond motifs is 1. The smallest absolute Gasteiger partial charge is 0.421 e. The van der Waals surface area contributed by atoms with Gasteiger partial charge < -0.3 is 19.1 Å². The number of amides is 2. The molecule has 0 radical (unpaired) electrons. The normalized spacial score (nSPS) is 19.6. The van der Waals surface area contributed by atoms with Gasteiger partial charge in [-0.15, -0.1) is 0 Å². The first kappa shape index (κ1) is 21.6. The monoisotopic (exact) mass is 461 g/mol. The maximum absolute atomic E-state index is 13.6. The molecule has 0 spiro atoms. The Morgan fingerprint density at radius 3 is 2.52 bits per heavy atom. The summed E-state index contributed by atoms with van der Waals surface area (Å²) in [4.78, 5) is 19.3. The van der Waals surface area contributed by atoms with Crippen molar-refractivity contribution in [2.24, 2.45) is 4.99 Å². The van der Waals surface area contributed by atoms with Gasteiger partial charge in [0.15, 0.2) is 16.3 Å². The second kappa shape index (κ2) is 8.15. The number of urea groups is 1. The Bertz CT molecular complexity index is 1050. The van der Waals surface area contributed by atoms with Crippen molar-refractivity contribution in [1.29, 1.82) is 0 Å². The molecule has 2 aliphatic heterocycles. The number of aromatic nitrogens is 1. The van der Waals surface area contributed by atoms with E-state index in [-0.39, 0.29) is 12.3 Å². The lowest BCUT2D eigenvalue weighted by Crippen LogP contribution is -2.52. The van der Waals surface area contributed by atoms with Gasteiger partial charge in [0.1, 0.15) is 0 Å². The number of carbonyl (C=O) groups excluding carboxylic acids is 1. The Balaban J connectivity index is 1.73. The summed E-state index contributed by atoms with van der Waals surface area (Å²) in [5, 5.41) is 0. The molecule has 2 aliphatic rings. The van der Waals surface area contributed by atoms with Gasteiger partial charge in [0, 0.05) is 32.0 Å². The third kappa shape index (κ3) is 4.26. The van der Waals surface area contributed by atoms with Crippen LogP contribution in [0.3, 0.4) is 0 Å². The lowest BCUT2D eigenvalue weighted by molar-refractivity contribution is -0.391. The molecule has 0 aliphatic carbocycles. The Kier molecular flexibility index (Phi) is 5.69. The molecule has 1 fully saturated rings. The average molecular weight is 461 g/mol. The quantitative estimate of drug-likeness (QED) is 0.642. The molecule has 0 bridgehead atoms. The molecule has 2 amide bonds. The number of benzene rings is 1. The van der Waals surface area contributed by atoms with E-state index >= 15 is 0 Å². The Morgan fingerprint density at radius 2 is 1.84 bits per heavy atom. The SMILES string of the molecule is CCOCc1cn(-c2ccc3c(c2)OC(F)(F)C(F)(F)O3)/c(=N/C(=O)N2CCCC2)s1. The molecule has 0 saturated carbocycles. The zero-order chi connectivity index (χ0) is 22.2. The van der Waals surface area contributed by atoms with Crippen LogP contribution in [0.5, 0.6) is 11.5 Å². The zero-order valence-electron chi connectivity index (χ0n) is 16.4. The molecule has 12 heteroatoms. The summed E-state index contributed by atoms with van der Waals surface area (Å²) < 4.78 is 69.2. The van der Waals surface area contributed by atoms with E-state index in [0.29, 0.717) is 24.5 Å². The van der Waals surface area contributed by atoms with Crippen LogP contribution in [0.15, 0.2) is 29.4 Å². The minimum absolute atomic E-state index is 0.267. The fraction of sp³-hybridized carbons (Fsp3) is 0.474. The van der Waals surface area contributed by atoms with Crippen LogP contribution in [0.1, 0.15) is 24.6 Å². The standard InChI is InChI=1S/C19H19F4N3O4S/c1-2-28-11-13-10-26(17(31-13)24-16(27)25-7-3-4-8-25)12-5-6-14-15(9-12)30-19(22,23)18(20,21)29-14/h5-6,9-10H,2-4,7-8,11H2,1H3/b24-17-. The molecule has 168 valence electrons. The van der Waals surface area contributed by atoms with Crippen LogP contribution < -0.4 is 14.3 Å². The van der Waals surface area contributed by atoms with Crippen LogP contribution >= 0.6 is 11.3 Å². The molecule has 31 heavy (non-hydrogen) atoms. The zero-order valence-corrected chi connectivity index (χ0v) is 17.3. The van der Waals surface area contributed by atoms with Crippen molar-refractivity contribution in [2.75, 3.05) is 19.7 Å². The number of thiazole rings is 1. The van der Waals surface area contributed by atoms with Crippen molar-refractivity contribution in [3.63, 3.8) is 0 Å². The Labute approximate surface area is 178 Å². The highest BCUT2D eigenvalue weighted by Gasteiger charge is 2.65. The highest BCUT2D eigenvalue weighted by Crippen LogP contribution is 2.47. The summed E-state index contributed by atoms with van der Waals surface area (Å²) in [6.07, 6.45) is -6.15. The van der Waals surface area contributed by atoms with Gasteiger partial charge in [0.05, 0.1) is 17.2 Å². The van der Waals surface area contributed by atoms with Gasteiger partial charge in [0.25, 0.3) is 0 Å². The lowest BCUT2D eigenvalue weighted by Gasteiger charge is -2.31. The number of ether oxygens (including phenoxy) is 3. The molecule has 0 atom stereocenters. The maximum atomic E-state index is 13.6. The van der Waals surface area contributed by atoms with Crippen LogP contribution in [-0.2, 0) is 11.3 Å². The maximum Gasteiger partial charge on any atom is 0.507 e.